The van der Waals surface area contributed by atoms with E-state index in [0.29, 0.717) is 4.90 Å². The van der Waals surface area contributed by atoms with Gasteiger partial charge in [-0.2, -0.15) is 5.26 Å². The summed E-state index contributed by atoms with van der Waals surface area (Å²) in [6.07, 6.45) is 1.17. The van der Waals surface area contributed by atoms with Gasteiger partial charge in [-0.3, -0.25) is 0 Å². The molecule has 1 rings (SSSR count). The highest BCUT2D eigenvalue weighted by Crippen LogP contribution is 2.23. The summed E-state index contributed by atoms with van der Waals surface area (Å²) in [5.41, 5.74) is 0. The van der Waals surface area contributed by atoms with Crippen LogP contribution in [0.4, 0.5) is 0 Å². The van der Waals surface area contributed by atoms with Crippen LogP contribution in [0.2, 0.25) is 0 Å². The van der Waals surface area contributed by atoms with Gasteiger partial charge < -0.3 is 0 Å². The minimum Gasteiger partial charge on any atom is -0.224 e. The van der Waals surface area contributed by atoms with E-state index in [1.54, 1.807) is 31.2 Å². The molecule has 0 saturated heterocycles. The molecule has 1 aromatic rings. The number of nitrogens with zero attached hydrogens (tertiary/aromatic N) is 1. The molecule has 5 heteroatoms. The summed E-state index contributed by atoms with van der Waals surface area (Å²) in [7, 11) is -3.13. The predicted molar refractivity (Wildman–Crippen MR) is 60.5 cm³/mol. The summed E-state index contributed by atoms with van der Waals surface area (Å²) in [6.45, 7) is 1.80. The van der Waals surface area contributed by atoms with Crippen LogP contribution < -0.4 is 0 Å². The van der Waals surface area contributed by atoms with Gasteiger partial charge in [0.1, 0.15) is 0 Å². The molecule has 0 aliphatic carbocycles. The van der Waals surface area contributed by atoms with E-state index in [4.69, 9.17) is 5.26 Å². The smallest absolute Gasteiger partial charge is 0.175 e. The number of benzene rings is 1. The fraction of sp³-hybridized carbons (Fsp3) is 0.300. The number of sulfone groups is 1. The normalized spacial score (nSPS) is 13.1. The number of nitriles is 1. The van der Waals surface area contributed by atoms with Crippen molar-refractivity contribution in [1.82, 2.24) is 0 Å². The molecule has 0 aromatic heterocycles. The molecule has 0 bridgehead atoms. The van der Waals surface area contributed by atoms with Gasteiger partial charge in [-0.1, -0.05) is 0 Å². The molecule has 0 saturated carbocycles. The summed E-state index contributed by atoms with van der Waals surface area (Å²) in [5, 5.41) is 8.48. The van der Waals surface area contributed by atoms with Gasteiger partial charge in [-0.15, -0.1) is 11.8 Å². The number of hydrogen-bond acceptors (Lipinski definition) is 4. The molecule has 0 N–H and O–H groups in total. The third-order valence-electron chi connectivity index (χ3n) is 1.75. The molecular formula is C10H11NO2S2. The molecule has 3 nitrogen and oxygen atoms in total. The molecule has 15 heavy (non-hydrogen) atoms. The molecule has 0 aliphatic heterocycles. The first-order valence-electron chi connectivity index (χ1n) is 4.30. The van der Waals surface area contributed by atoms with Gasteiger partial charge in [-0.05, 0) is 31.2 Å². The Morgan fingerprint density at radius 3 is 2.27 bits per heavy atom. The molecule has 0 amide bonds. The molecule has 1 atom stereocenters. The van der Waals surface area contributed by atoms with Crippen LogP contribution in [-0.2, 0) is 9.84 Å². The van der Waals surface area contributed by atoms with E-state index in [1.165, 1.54) is 18.0 Å². The summed E-state index contributed by atoms with van der Waals surface area (Å²) in [5.74, 6) is 0. The molecule has 0 spiro atoms. The van der Waals surface area contributed by atoms with Crippen LogP contribution in [0.3, 0.4) is 0 Å². The zero-order valence-corrected chi connectivity index (χ0v) is 10.1. The van der Waals surface area contributed by atoms with E-state index < -0.39 is 9.84 Å². The lowest BCUT2D eigenvalue weighted by Gasteiger charge is -2.03. The average Bonchev–Trinajstić information content (AvgIpc) is 2.17. The van der Waals surface area contributed by atoms with Gasteiger partial charge in [0.15, 0.2) is 9.84 Å². The van der Waals surface area contributed by atoms with Gasteiger partial charge in [-0.25, -0.2) is 8.42 Å². The van der Waals surface area contributed by atoms with Crippen LogP contribution in [0.5, 0.6) is 0 Å². The Morgan fingerprint density at radius 2 is 1.87 bits per heavy atom. The van der Waals surface area contributed by atoms with Crippen molar-refractivity contribution < 1.29 is 8.42 Å². The second-order valence-corrected chi connectivity index (χ2v) is 6.56. The van der Waals surface area contributed by atoms with Crippen molar-refractivity contribution in [2.24, 2.45) is 0 Å². The van der Waals surface area contributed by atoms with Crippen molar-refractivity contribution in [1.29, 1.82) is 5.26 Å². The standard InChI is InChI=1S/C10H11NO2S2/c1-8(7-11)14-9-3-5-10(6-4-9)15(2,12)13/h3-6,8H,1-2H3. The van der Waals surface area contributed by atoms with E-state index in [0.717, 1.165) is 4.90 Å². The van der Waals surface area contributed by atoms with Crippen LogP contribution >= 0.6 is 11.8 Å². The Kier molecular flexibility index (Phi) is 3.77. The SMILES string of the molecule is CC(C#N)Sc1ccc(S(C)(=O)=O)cc1. The third kappa shape index (κ3) is 3.57. The molecule has 1 unspecified atom stereocenters. The van der Waals surface area contributed by atoms with Crippen molar-refractivity contribution in [3.63, 3.8) is 0 Å². The summed E-state index contributed by atoms with van der Waals surface area (Å²) >= 11 is 1.41. The molecule has 0 heterocycles. The molecule has 0 fully saturated rings. The first-order chi connectivity index (χ1) is 6.93. The maximum atomic E-state index is 11.2. The van der Waals surface area contributed by atoms with Gasteiger partial charge in [0.2, 0.25) is 0 Å². The second kappa shape index (κ2) is 4.69. The van der Waals surface area contributed by atoms with E-state index in [2.05, 4.69) is 6.07 Å². The first kappa shape index (κ1) is 12.1. The maximum Gasteiger partial charge on any atom is 0.175 e. The van der Waals surface area contributed by atoms with Gasteiger partial charge >= 0.3 is 0 Å². The van der Waals surface area contributed by atoms with Gasteiger partial charge in [0.05, 0.1) is 16.2 Å². The fourth-order valence-corrected chi connectivity index (χ4v) is 2.38. The number of rotatable bonds is 3. The highest BCUT2D eigenvalue weighted by molar-refractivity contribution is 8.00. The van der Waals surface area contributed by atoms with Gasteiger partial charge in [0, 0.05) is 11.2 Å². The van der Waals surface area contributed by atoms with Crippen molar-refractivity contribution >= 4 is 21.6 Å². The van der Waals surface area contributed by atoms with E-state index in [-0.39, 0.29) is 5.25 Å². The Morgan fingerprint density at radius 1 is 1.33 bits per heavy atom. The minimum atomic E-state index is -3.13. The van der Waals surface area contributed by atoms with Crippen LogP contribution in [0.1, 0.15) is 6.92 Å². The summed E-state index contributed by atoms with van der Waals surface area (Å²) < 4.78 is 22.3. The molecule has 0 radical (unpaired) electrons. The Bertz CT molecular complexity index is 471. The minimum absolute atomic E-state index is 0.130. The van der Waals surface area contributed by atoms with Crippen molar-refractivity contribution in [2.75, 3.05) is 6.26 Å². The summed E-state index contributed by atoms with van der Waals surface area (Å²) in [4.78, 5) is 1.20. The van der Waals surface area contributed by atoms with E-state index in [9.17, 15) is 8.42 Å². The molecule has 0 aliphatic rings. The lowest BCUT2D eigenvalue weighted by atomic mass is 10.4. The predicted octanol–water partition coefficient (Wildman–Crippen LogP) is 2.09. The molecule has 80 valence electrons. The lowest BCUT2D eigenvalue weighted by molar-refractivity contribution is 0.602. The van der Waals surface area contributed by atoms with Crippen molar-refractivity contribution in [3.05, 3.63) is 24.3 Å². The number of thioether (sulfide) groups is 1. The third-order valence-corrected chi connectivity index (χ3v) is 3.88. The highest BCUT2D eigenvalue weighted by Gasteiger charge is 2.07. The Balaban J connectivity index is 2.88. The maximum absolute atomic E-state index is 11.2. The van der Waals surface area contributed by atoms with E-state index >= 15 is 0 Å². The Labute approximate surface area is 94.0 Å². The zero-order valence-electron chi connectivity index (χ0n) is 8.47. The average molecular weight is 241 g/mol. The van der Waals surface area contributed by atoms with Crippen LogP contribution in [-0.4, -0.2) is 19.9 Å². The van der Waals surface area contributed by atoms with Crippen molar-refractivity contribution in [3.8, 4) is 6.07 Å². The van der Waals surface area contributed by atoms with Crippen LogP contribution in [0, 0.1) is 11.3 Å². The largest absolute Gasteiger partial charge is 0.224 e. The van der Waals surface area contributed by atoms with Crippen LogP contribution in [0.15, 0.2) is 34.1 Å². The summed E-state index contributed by atoms with van der Waals surface area (Å²) in [6, 6.07) is 8.65. The molecule has 1 aromatic carbocycles. The topological polar surface area (TPSA) is 57.9 Å². The Hall–Kier alpha value is -0.990. The number of hydrogen-bond donors (Lipinski definition) is 0. The first-order valence-corrected chi connectivity index (χ1v) is 7.07. The quantitative estimate of drug-likeness (QED) is 0.760. The van der Waals surface area contributed by atoms with Crippen LogP contribution in [0.25, 0.3) is 0 Å². The monoisotopic (exact) mass is 241 g/mol. The zero-order chi connectivity index (χ0) is 11.5. The lowest BCUT2D eigenvalue weighted by Crippen LogP contribution is -1.96. The highest BCUT2D eigenvalue weighted by atomic mass is 32.2. The fourth-order valence-electron chi connectivity index (χ4n) is 0.996. The second-order valence-electron chi connectivity index (χ2n) is 3.13. The van der Waals surface area contributed by atoms with Crippen molar-refractivity contribution in [2.45, 2.75) is 22.0 Å². The van der Waals surface area contributed by atoms with Gasteiger partial charge in [0.25, 0.3) is 0 Å². The molecular weight excluding hydrogens is 230 g/mol. The van der Waals surface area contributed by atoms with E-state index in [1.807, 2.05) is 0 Å².